The molecule has 2 heteroatoms. The second kappa shape index (κ2) is 3.49. The van der Waals surface area contributed by atoms with Crippen molar-refractivity contribution in [2.45, 2.75) is 25.7 Å². The largest absolute Gasteiger partial charge is 0.313 e. The first-order chi connectivity index (χ1) is 4.88. The Morgan fingerprint density at radius 1 is 1.30 bits per heavy atom. The van der Waals surface area contributed by atoms with E-state index in [1.165, 1.54) is 19.1 Å². The van der Waals surface area contributed by atoms with E-state index in [4.69, 9.17) is 10.8 Å². The maximum atomic E-state index is 7.04. The highest BCUT2D eigenvalue weighted by molar-refractivity contribution is 5.59. The molecule has 0 heterocycles. The van der Waals surface area contributed by atoms with Crippen LogP contribution >= 0.6 is 0 Å². The van der Waals surface area contributed by atoms with Gasteiger partial charge in [0.2, 0.25) is 0 Å². The van der Waals surface area contributed by atoms with Crippen molar-refractivity contribution in [3.8, 4) is 0 Å². The molecule has 0 spiro atoms. The molecule has 2 N–H and O–H groups in total. The third-order valence-electron chi connectivity index (χ3n) is 2.37. The van der Waals surface area contributed by atoms with Gasteiger partial charge in [0.1, 0.15) is 0 Å². The fourth-order valence-corrected chi connectivity index (χ4v) is 1.47. The highest BCUT2D eigenvalue weighted by Gasteiger charge is 2.27. The molecule has 1 fully saturated rings. The summed E-state index contributed by atoms with van der Waals surface area (Å²) in [5.74, 6) is 1.26. The summed E-state index contributed by atoms with van der Waals surface area (Å²) in [4.78, 5) is 0. The Morgan fingerprint density at radius 2 is 2.10 bits per heavy atom. The predicted molar refractivity (Wildman–Crippen MR) is 43.0 cm³/mol. The maximum absolute atomic E-state index is 7.04. The molecule has 56 valence electrons. The van der Waals surface area contributed by atoms with Crippen LogP contribution in [0.3, 0.4) is 0 Å². The van der Waals surface area contributed by atoms with E-state index >= 15 is 0 Å². The zero-order valence-electron chi connectivity index (χ0n) is 6.14. The molecule has 0 aromatic heterocycles. The Labute approximate surface area is 61.7 Å². The molecule has 0 aliphatic heterocycles. The molecule has 1 saturated carbocycles. The van der Waals surface area contributed by atoms with E-state index in [-0.39, 0.29) is 0 Å². The summed E-state index contributed by atoms with van der Waals surface area (Å²) in [5.41, 5.74) is 0. The molecule has 2 unspecified atom stereocenters. The summed E-state index contributed by atoms with van der Waals surface area (Å²) in [6.45, 7) is 0. The molecule has 10 heavy (non-hydrogen) atoms. The molecule has 0 radical (unpaired) electrons. The SMILES string of the molecule is N=CCCC1CCC1C=N. The lowest BCUT2D eigenvalue weighted by atomic mass is 9.72. The van der Waals surface area contributed by atoms with Gasteiger partial charge >= 0.3 is 0 Å². The van der Waals surface area contributed by atoms with Crippen LogP contribution in [0.2, 0.25) is 0 Å². The van der Waals surface area contributed by atoms with Gasteiger partial charge in [0.15, 0.2) is 0 Å². The Morgan fingerprint density at radius 3 is 2.50 bits per heavy atom. The fraction of sp³-hybridized carbons (Fsp3) is 0.750. The van der Waals surface area contributed by atoms with Gasteiger partial charge in [-0.2, -0.15) is 0 Å². The van der Waals surface area contributed by atoms with E-state index in [0.29, 0.717) is 5.92 Å². The van der Waals surface area contributed by atoms with E-state index in [1.54, 1.807) is 6.21 Å². The third-order valence-corrected chi connectivity index (χ3v) is 2.37. The first-order valence-electron chi connectivity index (χ1n) is 3.88. The van der Waals surface area contributed by atoms with E-state index < -0.39 is 0 Å². The van der Waals surface area contributed by atoms with Crippen molar-refractivity contribution in [3.63, 3.8) is 0 Å². The fourth-order valence-electron chi connectivity index (χ4n) is 1.47. The summed E-state index contributed by atoms with van der Waals surface area (Å²) < 4.78 is 0. The van der Waals surface area contributed by atoms with Crippen LogP contribution in [0, 0.1) is 22.7 Å². The lowest BCUT2D eigenvalue weighted by Gasteiger charge is -2.33. The molecular weight excluding hydrogens is 124 g/mol. The van der Waals surface area contributed by atoms with E-state index in [1.807, 2.05) is 0 Å². The van der Waals surface area contributed by atoms with Gasteiger partial charge < -0.3 is 10.8 Å². The van der Waals surface area contributed by atoms with Crippen LogP contribution in [-0.4, -0.2) is 12.4 Å². The van der Waals surface area contributed by atoms with Crippen LogP contribution in [-0.2, 0) is 0 Å². The van der Waals surface area contributed by atoms with E-state index in [0.717, 1.165) is 18.8 Å². The predicted octanol–water partition coefficient (Wildman–Crippen LogP) is 2.09. The lowest BCUT2D eigenvalue weighted by molar-refractivity contribution is 0.239. The summed E-state index contributed by atoms with van der Waals surface area (Å²) in [7, 11) is 0. The standard InChI is InChI=1S/C8H14N2/c9-5-1-2-7-3-4-8(7)6-10/h5-10H,1-4H2. The van der Waals surface area contributed by atoms with Crippen molar-refractivity contribution < 1.29 is 0 Å². The Kier molecular flexibility index (Phi) is 2.60. The van der Waals surface area contributed by atoms with Crippen LogP contribution in [0.5, 0.6) is 0 Å². The molecule has 0 bridgehead atoms. The maximum Gasteiger partial charge on any atom is -0.00140 e. The number of rotatable bonds is 4. The van der Waals surface area contributed by atoms with Crippen molar-refractivity contribution in [1.82, 2.24) is 0 Å². The van der Waals surface area contributed by atoms with Crippen LogP contribution in [0.1, 0.15) is 25.7 Å². The second-order valence-corrected chi connectivity index (χ2v) is 2.95. The van der Waals surface area contributed by atoms with Crippen LogP contribution in [0.4, 0.5) is 0 Å². The first kappa shape index (κ1) is 7.45. The Balaban J connectivity index is 2.16. The monoisotopic (exact) mass is 138 g/mol. The molecule has 1 aliphatic carbocycles. The van der Waals surface area contributed by atoms with Crippen molar-refractivity contribution in [2.75, 3.05) is 0 Å². The Bertz CT molecular complexity index is 131. The van der Waals surface area contributed by atoms with Gasteiger partial charge in [-0.25, -0.2) is 0 Å². The molecule has 0 saturated heterocycles. The number of hydrogen-bond acceptors (Lipinski definition) is 2. The molecule has 0 aromatic rings. The average Bonchev–Trinajstić information content (AvgIpc) is 1.88. The normalized spacial score (nSPS) is 30.8. The molecule has 1 rings (SSSR count). The average molecular weight is 138 g/mol. The summed E-state index contributed by atoms with van der Waals surface area (Å²) in [5, 5.41) is 13.9. The van der Waals surface area contributed by atoms with Crippen LogP contribution in [0.25, 0.3) is 0 Å². The van der Waals surface area contributed by atoms with E-state index in [2.05, 4.69) is 0 Å². The minimum atomic E-state index is 0.542. The zero-order chi connectivity index (χ0) is 7.40. The van der Waals surface area contributed by atoms with Gasteiger partial charge in [-0.05, 0) is 49.9 Å². The molecule has 2 atom stereocenters. The zero-order valence-corrected chi connectivity index (χ0v) is 6.14. The van der Waals surface area contributed by atoms with Crippen molar-refractivity contribution in [2.24, 2.45) is 11.8 Å². The van der Waals surface area contributed by atoms with Gasteiger partial charge in [0.05, 0.1) is 0 Å². The smallest absolute Gasteiger partial charge is 0.00140 e. The Hall–Kier alpha value is -0.660. The summed E-state index contributed by atoms with van der Waals surface area (Å²) in [6, 6.07) is 0. The minimum Gasteiger partial charge on any atom is -0.313 e. The number of nitrogens with one attached hydrogen (secondary N) is 2. The second-order valence-electron chi connectivity index (χ2n) is 2.95. The summed E-state index contributed by atoms with van der Waals surface area (Å²) >= 11 is 0. The van der Waals surface area contributed by atoms with Gasteiger partial charge in [-0.1, -0.05) is 0 Å². The summed E-state index contributed by atoms with van der Waals surface area (Å²) in [6.07, 6.45) is 7.52. The minimum absolute atomic E-state index is 0.542. The molecular formula is C8H14N2. The van der Waals surface area contributed by atoms with Crippen molar-refractivity contribution >= 4 is 12.4 Å². The topological polar surface area (TPSA) is 47.7 Å². The van der Waals surface area contributed by atoms with Crippen molar-refractivity contribution in [1.29, 1.82) is 10.8 Å². The van der Waals surface area contributed by atoms with Gasteiger partial charge in [0.25, 0.3) is 0 Å². The molecule has 0 amide bonds. The van der Waals surface area contributed by atoms with E-state index in [9.17, 15) is 0 Å². The van der Waals surface area contributed by atoms with Gasteiger partial charge in [-0.3, -0.25) is 0 Å². The third kappa shape index (κ3) is 1.43. The first-order valence-corrected chi connectivity index (χ1v) is 3.88. The lowest BCUT2D eigenvalue weighted by Crippen LogP contribution is -2.26. The molecule has 0 aromatic carbocycles. The van der Waals surface area contributed by atoms with Crippen LogP contribution in [0.15, 0.2) is 0 Å². The highest BCUT2D eigenvalue weighted by Crippen LogP contribution is 2.35. The highest BCUT2D eigenvalue weighted by atomic mass is 14.4. The number of hydrogen-bond donors (Lipinski definition) is 2. The molecule has 2 nitrogen and oxygen atoms in total. The van der Waals surface area contributed by atoms with Crippen molar-refractivity contribution in [3.05, 3.63) is 0 Å². The van der Waals surface area contributed by atoms with Gasteiger partial charge in [-0.15, -0.1) is 0 Å². The quantitative estimate of drug-likeness (QED) is 0.559. The van der Waals surface area contributed by atoms with Crippen LogP contribution < -0.4 is 0 Å². The molecule has 1 aliphatic rings. The van der Waals surface area contributed by atoms with Gasteiger partial charge in [0, 0.05) is 0 Å².